The van der Waals surface area contributed by atoms with Crippen molar-refractivity contribution in [3.63, 3.8) is 0 Å². The van der Waals surface area contributed by atoms with Crippen LogP contribution in [0.25, 0.3) is 0 Å². The Morgan fingerprint density at radius 2 is 2.11 bits per heavy atom. The number of hydrogen-bond acceptors (Lipinski definition) is 3. The summed E-state index contributed by atoms with van der Waals surface area (Å²) in [4.78, 5) is 12.1. The van der Waals surface area contributed by atoms with Crippen molar-refractivity contribution in [2.24, 2.45) is 11.0 Å². The van der Waals surface area contributed by atoms with Gasteiger partial charge >= 0.3 is 0 Å². The highest BCUT2D eigenvalue weighted by Gasteiger charge is 2.19. The molecule has 0 aromatic heterocycles. The van der Waals surface area contributed by atoms with Crippen molar-refractivity contribution in [2.75, 3.05) is 6.61 Å². The third-order valence-electron chi connectivity index (χ3n) is 4.77. The third-order valence-corrected chi connectivity index (χ3v) is 5.39. The summed E-state index contributed by atoms with van der Waals surface area (Å²) >= 11 is 3.52. The Morgan fingerprint density at radius 3 is 2.70 bits per heavy atom. The largest absolute Gasteiger partial charge is 0.483 e. The lowest BCUT2D eigenvalue weighted by atomic mass is 9.85. The first kappa shape index (κ1) is 21.4. The monoisotopic (exact) mass is 432 g/mol. The fourth-order valence-corrected chi connectivity index (χ4v) is 3.31. The Kier molecular flexibility index (Phi) is 7.04. The highest BCUT2D eigenvalue weighted by Crippen LogP contribution is 2.31. The topological polar surface area (TPSA) is 50.7 Å². The summed E-state index contributed by atoms with van der Waals surface area (Å²) in [5.41, 5.74) is 7.01. The van der Waals surface area contributed by atoms with Crippen molar-refractivity contribution in [3.05, 3.63) is 52.0 Å². The van der Waals surface area contributed by atoms with E-state index in [1.165, 1.54) is 5.56 Å². The van der Waals surface area contributed by atoms with E-state index in [1.54, 1.807) is 0 Å². The number of amides is 1. The Bertz CT molecular complexity index is 788. The van der Waals surface area contributed by atoms with Gasteiger partial charge in [0.25, 0.3) is 5.91 Å². The number of nitrogens with one attached hydrogen (secondary N) is 1. The molecule has 0 aliphatic heterocycles. The molecule has 1 atom stereocenters. The molecule has 0 spiro atoms. The zero-order valence-electron chi connectivity index (χ0n) is 16.9. The van der Waals surface area contributed by atoms with E-state index in [0.717, 1.165) is 34.2 Å². The SMILES string of the molecule is C=C(C)C1CC=C(C)/C(=N/NC(=O)COc2ccc(C(C)(C)C)cc2Br)C1. The Morgan fingerprint density at radius 1 is 1.41 bits per heavy atom. The van der Waals surface area contributed by atoms with Crippen LogP contribution in [0.15, 0.2) is 51.6 Å². The van der Waals surface area contributed by atoms with E-state index >= 15 is 0 Å². The van der Waals surface area contributed by atoms with Gasteiger partial charge in [0.15, 0.2) is 6.61 Å². The second-order valence-electron chi connectivity index (χ2n) is 8.15. The molecule has 0 saturated heterocycles. The van der Waals surface area contributed by atoms with Crippen molar-refractivity contribution >= 4 is 27.5 Å². The lowest BCUT2D eigenvalue weighted by Gasteiger charge is -2.22. The van der Waals surface area contributed by atoms with Crippen molar-refractivity contribution in [3.8, 4) is 5.75 Å². The Labute approximate surface area is 170 Å². The van der Waals surface area contributed by atoms with Gasteiger partial charge in [-0.25, -0.2) is 5.43 Å². The molecule has 1 amide bonds. The molecule has 1 aromatic rings. The van der Waals surface area contributed by atoms with E-state index in [4.69, 9.17) is 4.74 Å². The van der Waals surface area contributed by atoms with E-state index in [2.05, 4.69) is 59.9 Å². The predicted octanol–water partition coefficient (Wildman–Crippen LogP) is 5.53. The molecule has 146 valence electrons. The minimum absolute atomic E-state index is 0.0571. The van der Waals surface area contributed by atoms with Crippen LogP contribution in [0.3, 0.4) is 0 Å². The maximum Gasteiger partial charge on any atom is 0.277 e. The van der Waals surface area contributed by atoms with E-state index < -0.39 is 0 Å². The van der Waals surface area contributed by atoms with Gasteiger partial charge in [-0.1, -0.05) is 45.1 Å². The molecule has 1 aromatic carbocycles. The summed E-state index contributed by atoms with van der Waals surface area (Å²) in [6.07, 6.45) is 3.94. The highest BCUT2D eigenvalue weighted by molar-refractivity contribution is 9.10. The Hall–Kier alpha value is -1.88. The zero-order chi connectivity index (χ0) is 20.2. The predicted molar refractivity (Wildman–Crippen MR) is 115 cm³/mol. The summed E-state index contributed by atoms with van der Waals surface area (Å²) in [5.74, 6) is 0.749. The van der Waals surface area contributed by atoms with Crippen LogP contribution in [0.5, 0.6) is 5.75 Å². The van der Waals surface area contributed by atoms with Gasteiger partial charge in [0.05, 0.1) is 10.2 Å². The van der Waals surface area contributed by atoms with E-state index in [1.807, 2.05) is 32.0 Å². The number of hydrazone groups is 1. The zero-order valence-corrected chi connectivity index (χ0v) is 18.4. The van der Waals surface area contributed by atoms with Gasteiger partial charge in [-0.3, -0.25) is 4.79 Å². The molecule has 1 unspecified atom stereocenters. The van der Waals surface area contributed by atoms with Crippen LogP contribution >= 0.6 is 15.9 Å². The molecule has 0 heterocycles. The number of halogens is 1. The number of rotatable bonds is 5. The fraction of sp³-hybridized carbons (Fsp3) is 0.455. The normalized spacial score (nSPS) is 18.8. The Balaban J connectivity index is 1.94. The van der Waals surface area contributed by atoms with Crippen LogP contribution in [0.4, 0.5) is 0 Å². The summed E-state index contributed by atoms with van der Waals surface area (Å²) in [6, 6.07) is 5.93. The minimum atomic E-state index is -0.278. The molecular weight excluding hydrogens is 404 g/mol. The first-order chi connectivity index (χ1) is 12.6. The lowest BCUT2D eigenvalue weighted by Crippen LogP contribution is -2.27. The molecule has 0 radical (unpaired) electrons. The van der Waals surface area contributed by atoms with Gasteiger partial charge in [-0.15, -0.1) is 0 Å². The summed E-state index contributed by atoms with van der Waals surface area (Å²) in [6.45, 7) is 14.5. The second-order valence-corrected chi connectivity index (χ2v) is 9.00. The molecular formula is C22H29BrN2O2. The second kappa shape index (κ2) is 8.87. The molecule has 0 bridgehead atoms. The lowest BCUT2D eigenvalue weighted by molar-refractivity contribution is -0.123. The molecule has 1 N–H and O–H groups in total. The molecule has 2 rings (SSSR count). The first-order valence-corrected chi connectivity index (χ1v) is 9.98. The number of nitrogens with zero attached hydrogens (tertiary/aromatic N) is 1. The van der Waals surface area contributed by atoms with Gasteiger partial charge in [0.2, 0.25) is 0 Å². The molecule has 4 nitrogen and oxygen atoms in total. The van der Waals surface area contributed by atoms with Crippen LogP contribution in [-0.4, -0.2) is 18.2 Å². The van der Waals surface area contributed by atoms with Crippen LogP contribution in [0, 0.1) is 5.92 Å². The molecule has 0 fully saturated rings. The van der Waals surface area contributed by atoms with E-state index in [9.17, 15) is 4.79 Å². The van der Waals surface area contributed by atoms with Crippen LogP contribution < -0.4 is 10.2 Å². The number of benzene rings is 1. The molecule has 1 aliphatic rings. The number of allylic oxidation sites excluding steroid dienone is 3. The summed E-state index contributed by atoms with van der Waals surface area (Å²) < 4.78 is 6.47. The number of carbonyl (C=O) groups excluding carboxylic acids is 1. The number of carbonyl (C=O) groups is 1. The molecule has 27 heavy (non-hydrogen) atoms. The number of hydrogen-bond donors (Lipinski definition) is 1. The number of ether oxygens (including phenoxy) is 1. The van der Waals surface area contributed by atoms with E-state index in [-0.39, 0.29) is 17.9 Å². The van der Waals surface area contributed by atoms with Gasteiger partial charge < -0.3 is 4.74 Å². The van der Waals surface area contributed by atoms with Crippen molar-refractivity contribution in [2.45, 2.75) is 52.9 Å². The molecule has 5 heteroatoms. The van der Waals surface area contributed by atoms with Gasteiger partial charge in [0, 0.05) is 0 Å². The van der Waals surface area contributed by atoms with Gasteiger partial charge in [-0.2, -0.15) is 5.10 Å². The molecule has 1 aliphatic carbocycles. The fourth-order valence-electron chi connectivity index (χ4n) is 2.81. The first-order valence-electron chi connectivity index (χ1n) is 9.18. The highest BCUT2D eigenvalue weighted by atomic mass is 79.9. The van der Waals surface area contributed by atoms with Crippen LogP contribution in [-0.2, 0) is 10.2 Å². The summed E-state index contributed by atoms with van der Waals surface area (Å²) in [7, 11) is 0. The van der Waals surface area contributed by atoms with Crippen LogP contribution in [0.1, 0.15) is 53.0 Å². The summed E-state index contributed by atoms with van der Waals surface area (Å²) in [5, 5.41) is 4.29. The van der Waals surface area contributed by atoms with Crippen molar-refractivity contribution in [1.82, 2.24) is 5.43 Å². The van der Waals surface area contributed by atoms with Crippen LogP contribution in [0.2, 0.25) is 0 Å². The smallest absolute Gasteiger partial charge is 0.277 e. The maximum atomic E-state index is 12.1. The molecule has 0 saturated carbocycles. The van der Waals surface area contributed by atoms with Gasteiger partial charge in [0.1, 0.15) is 5.75 Å². The quantitative estimate of drug-likeness (QED) is 0.490. The maximum absolute atomic E-state index is 12.1. The average Bonchev–Trinajstić information content (AvgIpc) is 2.58. The minimum Gasteiger partial charge on any atom is -0.483 e. The standard InChI is InChI=1S/C22H29BrN2O2/c1-14(2)16-8-7-15(3)19(11-16)24-25-21(26)13-27-20-10-9-17(12-18(20)23)22(4,5)6/h7,9-10,12,16H,1,8,11,13H2,2-6H3,(H,25,26)/b24-19+. The average molecular weight is 433 g/mol. The van der Waals surface area contributed by atoms with E-state index in [0.29, 0.717) is 11.7 Å². The van der Waals surface area contributed by atoms with Gasteiger partial charge in [-0.05, 0) is 77.2 Å². The van der Waals surface area contributed by atoms with Crippen molar-refractivity contribution < 1.29 is 9.53 Å². The van der Waals surface area contributed by atoms with Crippen molar-refractivity contribution in [1.29, 1.82) is 0 Å². The third kappa shape index (κ3) is 6.06.